The molecule has 0 heterocycles. The second kappa shape index (κ2) is 10.4. The monoisotopic (exact) mass is 390 g/mol. The molecule has 1 unspecified atom stereocenters. The van der Waals surface area contributed by atoms with Gasteiger partial charge in [0.1, 0.15) is 11.6 Å². The lowest BCUT2D eigenvalue weighted by Crippen LogP contribution is -2.34. The Bertz CT molecular complexity index is 779. The summed E-state index contributed by atoms with van der Waals surface area (Å²) in [5.41, 5.74) is 8.17. The molecule has 0 saturated carbocycles. The lowest BCUT2D eigenvalue weighted by Gasteiger charge is -2.23. The van der Waals surface area contributed by atoms with Crippen molar-refractivity contribution in [2.45, 2.75) is 32.7 Å². The lowest BCUT2D eigenvalue weighted by molar-refractivity contribution is -0.307. The molecule has 0 amide bonds. The van der Waals surface area contributed by atoms with Gasteiger partial charge in [-0.25, -0.2) is 0 Å². The van der Waals surface area contributed by atoms with Crippen LogP contribution in [-0.4, -0.2) is 18.4 Å². The van der Waals surface area contributed by atoms with Gasteiger partial charge in [0, 0.05) is 11.3 Å². The first kappa shape index (κ1) is 22.3. The molecule has 7 heteroatoms. The maximum atomic E-state index is 11.7. The number of aryl methyl sites for hydroxylation is 1. The number of rotatable bonds is 9. The van der Waals surface area contributed by atoms with Crippen LogP contribution in [0.15, 0.2) is 42.5 Å². The van der Waals surface area contributed by atoms with E-state index in [9.17, 15) is 9.90 Å². The summed E-state index contributed by atoms with van der Waals surface area (Å²) in [6.45, 7) is 4.66. The SMILES string of the molecule is CCCOc1ccc(C(Nc2ccc(C(=N)N)cc2)C(=O)[O-])cc1CC.Cl. The fraction of sp³-hybridized carbons (Fsp3) is 0.300. The van der Waals surface area contributed by atoms with Gasteiger partial charge in [0.05, 0.1) is 18.6 Å². The van der Waals surface area contributed by atoms with Crippen molar-refractivity contribution in [2.24, 2.45) is 5.73 Å². The molecule has 0 aromatic heterocycles. The predicted molar refractivity (Wildman–Crippen MR) is 108 cm³/mol. The van der Waals surface area contributed by atoms with Crippen LogP contribution in [-0.2, 0) is 11.2 Å². The summed E-state index contributed by atoms with van der Waals surface area (Å²) in [6, 6.07) is 11.1. The number of amidine groups is 1. The fourth-order valence-electron chi connectivity index (χ4n) is 2.60. The van der Waals surface area contributed by atoms with Gasteiger partial charge in [0.15, 0.2) is 0 Å². The van der Waals surface area contributed by atoms with Crippen LogP contribution in [0.1, 0.15) is 43.0 Å². The first-order valence-electron chi connectivity index (χ1n) is 8.63. The quantitative estimate of drug-likeness (QED) is 0.450. The Labute approximate surface area is 165 Å². The third-order valence-corrected chi connectivity index (χ3v) is 4.00. The minimum Gasteiger partial charge on any atom is -0.548 e. The average Bonchev–Trinajstić information content (AvgIpc) is 2.64. The van der Waals surface area contributed by atoms with E-state index in [1.807, 2.05) is 19.9 Å². The van der Waals surface area contributed by atoms with E-state index in [0.717, 1.165) is 24.2 Å². The summed E-state index contributed by atoms with van der Waals surface area (Å²) in [5, 5.41) is 22.0. The Balaban J connectivity index is 0.00000364. The molecule has 0 bridgehead atoms. The third-order valence-electron chi connectivity index (χ3n) is 4.00. The number of carboxylic acids is 1. The van der Waals surface area contributed by atoms with Crippen LogP contribution < -0.4 is 20.9 Å². The molecular formula is C20H25ClN3O3-. The molecule has 6 nitrogen and oxygen atoms in total. The van der Waals surface area contributed by atoms with Crippen molar-refractivity contribution in [1.82, 2.24) is 0 Å². The number of aliphatic carboxylic acids is 1. The molecule has 0 aliphatic heterocycles. The van der Waals surface area contributed by atoms with Crippen LogP contribution in [0.2, 0.25) is 0 Å². The van der Waals surface area contributed by atoms with Crippen LogP contribution in [0, 0.1) is 5.41 Å². The van der Waals surface area contributed by atoms with Crippen molar-refractivity contribution in [3.63, 3.8) is 0 Å². The van der Waals surface area contributed by atoms with E-state index in [2.05, 4.69) is 5.32 Å². The predicted octanol–water partition coefficient (Wildman–Crippen LogP) is 2.65. The van der Waals surface area contributed by atoms with E-state index in [4.69, 9.17) is 15.9 Å². The molecular weight excluding hydrogens is 366 g/mol. The van der Waals surface area contributed by atoms with E-state index >= 15 is 0 Å². The Morgan fingerprint density at radius 1 is 1.22 bits per heavy atom. The van der Waals surface area contributed by atoms with Gasteiger partial charge in [-0.05, 0) is 60.4 Å². The van der Waals surface area contributed by atoms with E-state index in [1.54, 1.807) is 36.4 Å². The molecule has 1 atom stereocenters. The largest absolute Gasteiger partial charge is 0.548 e. The minimum absolute atomic E-state index is 0. The summed E-state index contributed by atoms with van der Waals surface area (Å²) < 4.78 is 5.71. The lowest BCUT2D eigenvalue weighted by atomic mass is 10.0. The zero-order valence-corrected chi connectivity index (χ0v) is 16.3. The van der Waals surface area contributed by atoms with Gasteiger partial charge < -0.3 is 25.7 Å². The van der Waals surface area contributed by atoms with Gasteiger partial charge in [-0.1, -0.05) is 19.9 Å². The zero-order valence-electron chi connectivity index (χ0n) is 15.5. The molecule has 2 rings (SSSR count). The number of carbonyl (C=O) groups is 1. The van der Waals surface area contributed by atoms with Crippen molar-refractivity contribution < 1.29 is 14.6 Å². The number of ether oxygens (including phenoxy) is 1. The molecule has 2 aromatic rings. The standard InChI is InChI=1S/C20H25N3O3.ClH/c1-3-11-26-17-10-7-15(12-13(17)4-2)18(20(24)25)23-16-8-5-14(6-9-16)19(21)22;/h5-10,12,18,23H,3-4,11H2,1-2H3,(H3,21,22)(H,24,25);1H/p-1. The van der Waals surface area contributed by atoms with E-state index in [1.165, 1.54) is 0 Å². The Morgan fingerprint density at radius 3 is 2.41 bits per heavy atom. The molecule has 0 radical (unpaired) electrons. The number of halogens is 1. The van der Waals surface area contributed by atoms with E-state index in [0.29, 0.717) is 23.4 Å². The zero-order chi connectivity index (χ0) is 19.1. The van der Waals surface area contributed by atoms with Crippen LogP contribution in [0.25, 0.3) is 0 Å². The molecule has 2 aromatic carbocycles. The number of benzene rings is 2. The summed E-state index contributed by atoms with van der Waals surface area (Å²) in [5.74, 6) is -0.478. The number of carboxylic acid groups (broad SMARTS) is 1. The highest BCUT2D eigenvalue weighted by Crippen LogP contribution is 2.26. The van der Waals surface area contributed by atoms with E-state index < -0.39 is 12.0 Å². The van der Waals surface area contributed by atoms with Crippen molar-refractivity contribution >= 4 is 29.9 Å². The number of nitrogens with two attached hydrogens (primary N) is 1. The number of hydrogen-bond acceptors (Lipinski definition) is 5. The molecule has 0 fully saturated rings. The van der Waals surface area contributed by atoms with Gasteiger partial charge in [0.25, 0.3) is 0 Å². The second-order valence-electron chi connectivity index (χ2n) is 5.96. The number of nitrogens with one attached hydrogen (secondary N) is 2. The maximum Gasteiger partial charge on any atom is 0.122 e. The highest BCUT2D eigenvalue weighted by molar-refractivity contribution is 5.95. The Hall–Kier alpha value is -2.73. The molecule has 4 N–H and O–H groups in total. The topological polar surface area (TPSA) is 111 Å². The van der Waals surface area contributed by atoms with Crippen LogP contribution in [0.5, 0.6) is 5.75 Å². The first-order valence-corrected chi connectivity index (χ1v) is 8.63. The summed E-state index contributed by atoms with van der Waals surface area (Å²) in [7, 11) is 0. The fourth-order valence-corrected chi connectivity index (χ4v) is 2.60. The second-order valence-corrected chi connectivity index (χ2v) is 5.96. The molecule has 0 spiro atoms. The summed E-state index contributed by atoms with van der Waals surface area (Å²) >= 11 is 0. The number of nitrogen functional groups attached to an aromatic ring is 1. The normalized spacial score (nSPS) is 11.2. The van der Waals surface area contributed by atoms with Crippen molar-refractivity contribution in [3.05, 3.63) is 59.2 Å². The molecule has 0 aliphatic carbocycles. The van der Waals surface area contributed by atoms with Gasteiger partial charge in [-0.2, -0.15) is 0 Å². The molecule has 0 saturated heterocycles. The van der Waals surface area contributed by atoms with Crippen LogP contribution in [0.3, 0.4) is 0 Å². The highest BCUT2D eigenvalue weighted by Gasteiger charge is 2.15. The maximum absolute atomic E-state index is 11.7. The molecule has 146 valence electrons. The minimum atomic E-state index is -1.22. The van der Waals surface area contributed by atoms with Crippen LogP contribution >= 0.6 is 12.4 Å². The average molecular weight is 391 g/mol. The van der Waals surface area contributed by atoms with Crippen molar-refractivity contribution in [2.75, 3.05) is 11.9 Å². The highest BCUT2D eigenvalue weighted by atomic mass is 35.5. The van der Waals surface area contributed by atoms with Gasteiger partial charge in [-0.3, -0.25) is 5.41 Å². The van der Waals surface area contributed by atoms with Gasteiger partial charge in [0.2, 0.25) is 0 Å². The van der Waals surface area contributed by atoms with Crippen molar-refractivity contribution in [1.29, 1.82) is 5.41 Å². The van der Waals surface area contributed by atoms with Gasteiger partial charge >= 0.3 is 0 Å². The summed E-state index contributed by atoms with van der Waals surface area (Å²) in [6.07, 6.45) is 1.64. The number of carbonyl (C=O) groups excluding carboxylic acids is 1. The number of anilines is 1. The van der Waals surface area contributed by atoms with Crippen LogP contribution in [0.4, 0.5) is 5.69 Å². The smallest absolute Gasteiger partial charge is 0.122 e. The van der Waals surface area contributed by atoms with Gasteiger partial charge in [-0.15, -0.1) is 12.4 Å². The van der Waals surface area contributed by atoms with Crippen molar-refractivity contribution in [3.8, 4) is 5.75 Å². The number of hydrogen-bond donors (Lipinski definition) is 3. The Morgan fingerprint density at radius 2 is 1.89 bits per heavy atom. The Kier molecular flexibility index (Phi) is 8.62. The third kappa shape index (κ3) is 5.89. The summed E-state index contributed by atoms with van der Waals surface area (Å²) in [4.78, 5) is 11.7. The molecule has 27 heavy (non-hydrogen) atoms. The van der Waals surface area contributed by atoms with E-state index in [-0.39, 0.29) is 18.2 Å². The first-order chi connectivity index (χ1) is 12.5. The molecule has 0 aliphatic rings.